The molecule has 3 rings (SSSR count). The highest BCUT2D eigenvalue weighted by Gasteiger charge is 2.24. The number of hydrogen-bond donors (Lipinski definition) is 7. The van der Waals surface area contributed by atoms with E-state index in [0.29, 0.717) is 35.0 Å². The van der Waals surface area contributed by atoms with Gasteiger partial charge in [-0.2, -0.15) is 0 Å². The van der Waals surface area contributed by atoms with Gasteiger partial charge in [-0.1, -0.05) is 13.8 Å². The summed E-state index contributed by atoms with van der Waals surface area (Å²) < 4.78 is 1.84. The van der Waals surface area contributed by atoms with E-state index in [-0.39, 0.29) is 55.6 Å². The van der Waals surface area contributed by atoms with Crippen LogP contribution in [-0.2, 0) is 6.54 Å². The first kappa shape index (κ1) is 28.9. The van der Waals surface area contributed by atoms with Gasteiger partial charge in [0.05, 0.1) is 18.1 Å². The van der Waals surface area contributed by atoms with Crippen molar-refractivity contribution in [3.63, 3.8) is 0 Å². The number of guanidine groups is 1. The Hall–Kier alpha value is -4.35. The highest BCUT2D eigenvalue weighted by atomic mass is 16.2. The van der Waals surface area contributed by atoms with E-state index < -0.39 is 0 Å². The second-order valence-corrected chi connectivity index (χ2v) is 8.33. The Morgan fingerprint density at radius 3 is 2.14 bits per heavy atom. The maximum atomic E-state index is 12.7. The fourth-order valence-corrected chi connectivity index (χ4v) is 3.33. The first-order valence-electron chi connectivity index (χ1n) is 12.3. The van der Waals surface area contributed by atoms with Crippen LogP contribution in [0.2, 0.25) is 0 Å². The van der Waals surface area contributed by atoms with Crippen LogP contribution in [0.1, 0.15) is 64.3 Å². The molecule has 1 aromatic heterocycles. The number of aliphatic imine (C=N–C) groups is 1. The average molecular weight is 512 g/mol. The number of anilines is 1. The molecule has 1 aliphatic carbocycles. The molecule has 0 unspecified atom stereocenters. The van der Waals surface area contributed by atoms with E-state index in [1.54, 1.807) is 36.5 Å². The molecule has 1 fully saturated rings. The minimum atomic E-state index is -0.364. The van der Waals surface area contributed by atoms with Crippen LogP contribution in [0.3, 0.4) is 0 Å². The number of rotatable bonds is 12. The molecule has 200 valence electrons. The normalized spacial score (nSPS) is 11.9. The molecule has 37 heavy (non-hydrogen) atoms. The molecule has 1 aromatic carbocycles. The molecule has 0 atom stereocenters. The Bertz CT molecular complexity index is 1110. The zero-order valence-corrected chi connectivity index (χ0v) is 21.3. The number of carbonyl (C=O) groups excluding carboxylic acids is 3. The second kappa shape index (κ2) is 14.3. The third-order valence-electron chi connectivity index (χ3n) is 5.32. The summed E-state index contributed by atoms with van der Waals surface area (Å²) in [6.45, 7) is 5.50. The Morgan fingerprint density at radius 2 is 1.57 bits per heavy atom. The second-order valence-electron chi connectivity index (χ2n) is 8.33. The van der Waals surface area contributed by atoms with E-state index in [2.05, 4.69) is 20.9 Å². The number of benzene rings is 1. The van der Waals surface area contributed by atoms with Crippen LogP contribution in [0.15, 0.2) is 41.5 Å². The van der Waals surface area contributed by atoms with E-state index in [1.807, 2.05) is 18.4 Å². The lowest BCUT2D eigenvalue weighted by Crippen LogP contribution is -2.29. The van der Waals surface area contributed by atoms with Gasteiger partial charge in [0.2, 0.25) is 0 Å². The van der Waals surface area contributed by atoms with E-state index in [0.717, 1.165) is 12.8 Å². The van der Waals surface area contributed by atoms with Crippen molar-refractivity contribution in [2.24, 2.45) is 28.1 Å². The molecule has 3 amide bonds. The van der Waals surface area contributed by atoms with Gasteiger partial charge in [-0.15, -0.1) is 0 Å². The lowest BCUT2D eigenvalue weighted by atomic mass is 10.1. The van der Waals surface area contributed by atoms with Crippen LogP contribution in [0.4, 0.5) is 5.69 Å². The number of nitrogens with one attached hydrogen (secondary N) is 4. The minimum absolute atomic E-state index is 0.000980. The lowest BCUT2D eigenvalue weighted by Gasteiger charge is -2.08. The number of amides is 3. The van der Waals surface area contributed by atoms with Crippen LogP contribution in [0, 0.1) is 11.3 Å². The molecule has 1 heterocycles. The summed E-state index contributed by atoms with van der Waals surface area (Å²) >= 11 is 0. The van der Waals surface area contributed by atoms with Gasteiger partial charge in [-0.25, -0.2) is 0 Å². The SMILES string of the molecule is CC.N=C(N)CCNC(=O)c1cc(NC(=O)c2ccc(C(=O)NCCN=C(N)N)cc2)cn1CC1CC1. The molecular weight excluding hydrogens is 474 g/mol. The lowest BCUT2D eigenvalue weighted by molar-refractivity contribution is 0.0940. The van der Waals surface area contributed by atoms with Crippen molar-refractivity contribution >= 4 is 35.2 Å². The van der Waals surface area contributed by atoms with Gasteiger partial charge in [0.15, 0.2) is 5.96 Å². The Labute approximate surface area is 216 Å². The molecule has 12 nitrogen and oxygen atoms in total. The number of carbonyl (C=O) groups is 3. The van der Waals surface area contributed by atoms with Crippen molar-refractivity contribution in [2.45, 2.75) is 39.7 Å². The summed E-state index contributed by atoms with van der Waals surface area (Å²) in [5.41, 5.74) is 17.5. The number of nitrogens with two attached hydrogens (primary N) is 3. The van der Waals surface area contributed by atoms with Gasteiger partial charge in [0.25, 0.3) is 17.7 Å². The molecule has 1 saturated carbocycles. The van der Waals surface area contributed by atoms with Crippen LogP contribution in [0.25, 0.3) is 0 Å². The van der Waals surface area contributed by atoms with Crippen molar-refractivity contribution in [1.29, 1.82) is 5.41 Å². The van der Waals surface area contributed by atoms with Gasteiger partial charge >= 0.3 is 0 Å². The molecule has 0 saturated heterocycles. The van der Waals surface area contributed by atoms with Gasteiger partial charge < -0.3 is 37.7 Å². The minimum Gasteiger partial charge on any atom is -0.388 e. The summed E-state index contributed by atoms with van der Waals surface area (Å²) in [7, 11) is 0. The van der Waals surface area contributed by atoms with Gasteiger partial charge in [-0.3, -0.25) is 24.8 Å². The predicted molar refractivity (Wildman–Crippen MR) is 145 cm³/mol. The maximum Gasteiger partial charge on any atom is 0.267 e. The molecule has 0 aliphatic heterocycles. The van der Waals surface area contributed by atoms with E-state index >= 15 is 0 Å². The molecule has 0 bridgehead atoms. The first-order valence-corrected chi connectivity index (χ1v) is 12.3. The summed E-state index contributed by atoms with van der Waals surface area (Å²) in [4.78, 5) is 41.4. The predicted octanol–water partition coefficient (Wildman–Crippen LogP) is 1.24. The van der Waals surface area contributed by atoms with E-state index in [1.165, 1.54) is 0 Å². The Kier molecular flexibility index (Phi) is 11.1. The molecule has 10 N–H and O–H groups in total. The van der Waals surface area contributed by atoms with Crippen molar-refractivity contribution in [2.75, 3.05) is 25.0 Å². The molecule has 0 spiro atoms. The average Bonchev–Trinajstić information content (AvgIpc) is 3.60. The molecule has 0 radical (unpaired) electrons. The van der Waals surface area contributed by atoms with Gasteiger partial charge in [0, 0.05) is 43.4 Å². The standard InChI is InChI=1S/C23H31N9O3.C2H6/c24-19(25)7-8-28-22(35)18-11-17(13-32(18)12-14-1-2-14)31-21(34)16-5-3-15(4-6-16)20(33)29-9-10-30-23(26)27;1-2/h3-6,11,13-14H,1-2,7-10,12H2,(H3,24,25)(H,28,35)(H,29,33)(H,31,34)(H4,26,27,30);1-2H3. The number of nitrogens with zero attached hydrogens (tertiary/aromatic N) is 2. The summed E-state index contributed by atoms with van der Waals surface area (Å²) in [5.74, 6) is -0.480. The zero-order valence-electron chi connectivity index (χ0n) is 21.3. The highest BCUT2D eigenvalue weighted by molar-refractivity contribution is 6.06. The smallest absolute Gasteiger partial charge is 0.267 e. The maximum absolute atomic E-state index is 12.7. The molecular formula is C25H37N9O3. The number of amidine groups is 1. The largest absolute Gasteiger partial charge is 0.388 e. The van der Waals surface area contributed by atoms with E-state index in [4.69, 9.17) is 22.6 Å². The van der Waals surface area contributed by atoms with E-state index in [9.17, 15) is 14.4 Å². The monoisotopic (exact) mass is 511 g/mol. The summed E-state index contributed by atoms with van der Waals surface area (Å²) in [5, 5.41) is 15.5. The molecule has 1 aliphatic rings. The highest BCUT2D eigenvalue weighted by Crippen LogP contribution is 2.32. The van der Waals surface area contributed by atoms with Gasteiger partial charge in [0.1, 0.15) is 5.69 Å². The van der Waals surface area contributed by atoms with Crippen molar-refractivity contribution in [1.82, 2.24) is 15.2 Å². The van der Waals surface area contributed by atoms with Crippen LogP contribution in [-0.4, -0.2) is 53.7 Å². The topological polar surface area (TPSA) is 206 Å². The van der Waals surface area contributed by atoms with Crippen LogP contribution < -0.4 is 33.2 Å². The quantitative estimate of drug-likeness (QED) is 0.127. The molecule has 2 aromatic rings. The van der Waals surface area contributed by atoms with Crippen molar-refractivity contribution in [3.8, 4) is 0 Å². The number of hydrogen-bond acceptors (Lipinski definition) is 5. The first-order chi connectivity index (χ1) is 17.7. The Morgan fingerprint density at radius 1 is 0.973 bits per heavy atom. The third-order valence-corrected chi connectivity index (χ3v) is 5.32. The van der Waals surface area contributed by atoms with Gasteiger partial charge in [-0.05, 0) is 49.1 Å². The fourth-order valence-electron chi connectivity index (χ4n) is 3.33. The molecule has 12 heteroatoms. The van der Waals surface area contributed by atoms with Crippen molar-refractivity contribution < 1.29 is 14.4 Å². The van der Waals surface area contributed by atoms with Crippen LogP contribution >= 0.6 is 0 Å². The third kappa shape index (κ3) is 9.67. The number of aromatic nitrogens is 1. The van der Waals surface area contributed by atoms with Crippen LogP contribution in [0.5, 0.6) is 0 Å². The van der Waals surface area contributed by atoms with Crippen molar-refractivity contribution in [3.05, 3.63) is 53.3 Å². The fraction of sp³-hybridized carbons (Fsp3) is 0.400. The zero-order chi connectivity index (χ0) is 27.4. The summed E-state index contributed by atoms with van der Waals surface area (Å²) in [6, 6.07) is 7.84. The summed E-state index contributed by atoms with van der Waals surface area (Å²) in [6.07, 6.45) is 4.23. The Balaban J connectivity index is 0.00000235.